The van der Waals surface area contributed by atoms with Gasteiger partial charge in [-0.05, 0) is 5.56 Å². The molecule has 4 nitrogen and oxygen atoms in total. The molecule has 92 valence electrons. The van der Waals surface area contributed by atoms with Crippen molar-refractivity contribution < 1.29 is 19.4 Å². The molecule has 1 aromatic rings. The first-order valence-corrected chi connectivity index (χ1v) is 5.95. The van der Waals surface area contributed by atoms with Gasteiger partial charge in [-0.25, -0.2) is 0 Å². The van der Waals surface area contributed by atoms with Gasteiger partial charge >= 0.3 is 5.97 Å². The summed E-state index contributed by atoms with van der Waals surface area (Å²) >= 11 is 3.16. The highest BCUT2D eigenvalue weighted by Gasteiger charge is 2.20. The summed E-state index contributed by atoms with van der Waals surface area (Å²) < 4.78 is 4.49. The van der Waals surface area contributed by atoms with Crippen molar-refractivity contribution in [2.24, 2.45) is 0 Å². The number of aliphatic hydroxyl groups is 1. The minimum Gasteiger partial charge on any atom is -0.469 e. The number of rotatable bonds is 5. The molecule has 1 atom stereocenters. The van der Waals surface area contributed by atoms with E-state index in [1.165, 1.54) is 7.11 Å². The summed E-state index contributed by atoms with van der Waals surface area (Å²) in [5.74, 6) is -0.618. The molecule has 0 aliphatic rings. The summed E-state index contributed by atoms with van der Waals surface area (Å²) in [6, 6.07) is 6.59. The summed E-state index contributed by atoms with van der Waals surface area (Å²) in [7, 11) is 1.28. The monoisotopic (exact) mass is 300 g/mol. The van der Waals surface area contributed by atoms with E-state index in [9.17, 15) is 9.59 Å². The van der Waals surface area contributed by atoms with Crippen LogP contribution in [0.4, 0.5) is 0 Å². The molecule has 0 fully saturated rings. The zero-order valence-electron chi connectivity index (χ0n) is 9.35. The van der Waals surface area contributed by atoms with E-state index in [0.717, 1.165) is 5.56 Å². The number of aliphatic hydroxyl groups excluding tert-OH is 1. The summed E-state index contributed by atoms with van der Waals surface area (Å²) in [6.45, 7) is -0.0611. The van der Waals surface area contributed by atoms with Crippen LogP contribution in [-0.2, 0) is 16.1 Å². The minimum atomic E-state index is -0.588. The molecule has 0 bridgehead atoms. The number of hydrogen-bond acceptors (Lipinski definition) is 4. The predicted octanol–water partition coefficient (Wildman–Crippen LogP) is 1.69. The molecule has 0 saturated heterocycles. The van der Waals surface area contributed by atoms with Gasteiger partial charge in [0.2, 0.25) is 0 Å². The Morgan fingerprint density at radius 2 is 1.94 bits per heavy atom. The Morgan fingerprint density at radius 1 is 1.35 bits per heavy atom. The Bertz CT molecular complexity index is 399. The third-order valence-electron chi connectivity index (χ3n) is 2.28. The van der Waals surface area contributed by atoms with Crippen LogP contribution >= 0.6 is 15.9 Å². The Hall–Kier alpha value is -1.20. The Labute approximate surface area is 108 Å². The maximum atomic E-state index is 11.9. The molecule has 0 aliphatic heterocycles. The number of ketones is 1. The molecule has 5 heteroatoms. The number of Topliss-reactive ketones (excluding diaryl/α,β-unsaturated/α-hetero) is 1. The molecule has 17 heavy (non-hydrogen) atoms. The van der Waals surface area contributed by atoms with Crippen LogP contribution in [-0.4, -0.2) is 28.8 Å². The highest BCUT2D eigenvalue weighted by atomic mass is 79.9. The zero-order chi connectivity index (χ0) is 12.8. The molecule has 0 heterocycles. The van der Waals surface area contributed by atoms with Gasteiger partial charge in [0.1, 0.15) is 0 Å². The third-order valence-corrected chi connectivity index (χ3v) is 3.02. The number of ether oxygens (including phenoxy) is 1. The normalized spacial score (nSPS) is 11.9. The number of halogens is 1. The average Bonchev–Trinajstić information content (AvgIpc) is 2.37. The maximum absolute atomic E-state index is 11.9. The number of esters is 1. The second-order valence-electron chi connectivity index (χ2n) is 3.47. The first-order chi connectivity index (χ1) is 8.08. The smallest absolute Gasteiger partial charge is 0.307 e. The van der Waals surface area contributed by atoms with Crippen LogP contribution in [0.5, 0.6) is 0 Å². The van der Waals surface area contributed by atoms with Gasteiger partial charge in [-0.2, -0.15) is 0 Å². The van der Waals surface area contributed by atoms with Crippen molar-refractivity contribution >= 4 is 27.7 Å². The fourth-order valence-electron chi connectivity index (χ4n) is 1.28. The molecule has 0 spiro atoms. The minimum absolute atomic E-state index is 0.00289. The second kappa shape index (κ2) is 6.51. The fourth-order valence-corrected chi connectivity index (χ4v) is 1.81. The molecule has 1 aromatic carbocycles. The van der Waals surface area contributed by atoms with Crippen molar-refractivity contribution in [3.05, 3.63) is 35.4 Å². The Balaban J connectivity index is 2.71. The molecule has 0 amide bonds. The van der Waals surface area contributed by atoms with Crippen molar-refractivity contribution in [1.82, 2.24) is 0 Å². The van der Waals surface area contributed by atoms with Gasteiger partial charge in [0.15, 0.2) is 5.78 Å². The van der Waals surface area contributed by atoms with Gasteiger partial charge in [-0.1, -0.05) is 40.2 Å². The van der Waals surface area contributed by atoms with E-state index in [-0.39, 0.29) is 18.8 Å². The van der Waals surface area contributed by atoms with E-state index in [1.807, 2.05) is 0 Å². The van der Waals surface area contributed by atoms with E-state index in [2.05, 4.69) is 20.7 Å². The third kappa shape index (κ3) is 3.94. The van der Waals surface area contributed by atoms with E-state index in [0.29, 0.717) is 5.56 Å². The number of hydrogen-bond donors (Lipinski definition) is 1. The van der Waals surface area contributed by atoms with Crippen LogP contribution in [0.15, 0.2) is 24.3 Å². The van der Waals surface area contributed by atoms with E-state index >= 15 is 0 Å². The molecule has 1 rings (SSSR count). The van der Waals surface area contributed by atoms with Crippen LogP contribution in [0.3, 0.4) is 0 Å². The van der Waals surface area contributed by atoms with Crippen LogP contribution in [0, 0.1) is 0 Å². The van der Waals surface area contributed by atoms with Gasteiger partial charge in [0.25, 0.3) is 0 Å². The first-order valence-electron chi connectivity index (χ1n) is 5.03. The lowest BCUT2D eigenvalue weighted by Crippen LogP contribution is -2.19. The molecule has 0 saturated carbocycles. The molecule has 0 radical (unpaired) electrons. The van der Waals surface area contributed by atoms with Crippen molar-refractivity contribution in [3.8, 4) is 0 Å². The van der Waals surface area contributed by atoms with Crippen LogP contribution in [0.2, 0.25) is 0 Å². The summed E-state index contributed by atoms with van der Waals surface area (Å²) in [5.41, 5.74) is 1.23. The standard InChI is InChI=1S/C12H13BrO4/c1-17-11(15)6-10(13)12(16)9-4-2-8(7-14)3-5-9/h2-5,10,14H,6-7H2,1H3. The van der Waals surface area contributed by atoms with Crippen LogP contribution in [0.25, 0.3) is 0 Å². The van der Waals surface area contributed by atoms with Crippen molar-refractivity contribution in [3.63, 3.8) is 0 Å². The quantitative estimate of drug-likeness (QED) is 0.511. The second-order valence-corrected chi connectivity index (χ2v) is 4.57. The molecule has 0 aromatic heterocycles. The van der Waals surface area contributed by atoms with Crippen molar-refractivity contribution in [1.29, 1.82) is 0 Å². The average molecular weight is 301 g/mol. The number of carbonyl (C=O) groups is 2. The lowest BCUT2D eigenvalue weighted by atomic mass is 10.0. The number of carbonyl (C=O) groups excluding carboxylic acids is 2. The Morgan fingerprint density at radius 3 is 2.41 bits per heavy atom. The summed E-state index contributed by atoms with van der Waals surface area (Å²) in [4.78, 5) is 22.3. The zero-order valence-corrected chi connectivity index (χ0v) is 10.9. The van der Waals surface area contributed by atoms with Crippen molar-refractivity contribution in [2.75, 3.05) is 7.11 Å². The van der Waals surface area contributed by atoms with E-state index in [4.69, 9.17) is 5.11 Å². The van der Waals surface area contributed by atoms with Gasteiger partial charge < -0.3 is 9.84 Å². The SMILES string of the molecule is COC(=O)CC(Br)C(=O)c1ccc(CO)cc1. The van der Waals surface area contributed by atoms with Gasteiger partial charge in [0, 0.05) is 5.56 Å². The highest BCUT2D eigenvalue weighted by molar-refractivity contribution is 9.10. The predicted molar refractivity (Wildman–Crippen MR) is 66.0 cm³/mol. The maximum Gasteiger partial charge on any atom is 0.307 e. The van der Waals surface area contributed by atoms with Gasteiger partial charge in [0.05, 0.1) is 25.0 Å². The highest BCUT2D eigenvalue weighted by Crippen LogP contribution is 2.15. The van der Waals surface area contributed by atoms with Gasteiger partial charge in [-0.15, -0.1) is 0 Å². The number of alkyl halides is 1. The topological polar surface area (TPSA) is 63.6 Å². The van der Waals surface area contributed by atoms with E-state index < -0.39 is 10.8 Å². The number of benzene rings is 1. The molecular formula is C12H13BrO4. The first kappa shape index (κ1) is 13.9. The summed E-state index contributed by atoms with van der Waals surface area (Å²) in [5, 5.41) is 8.87. The van der Waals surface area contributed by atoms with E-state index in [1.54, 1.807) is 24.3 Å². The largest absolute Gasteiger partial charge is 0.469 e. The molecule has 1 unspecified atom stereocenters. The lowest BCUT2D eigenvalue weighted by molar-refractivity contribution is -0.140. The molecular weight excluding hydrogens is 288 g/mol. The van der Waals surface area contributed by atoms with Crippen molar-refractivity contribution in [2.45, 2.75) is 17.9 Å². The van der Waals surface area contributed by atoms with Crippen LogP contribution < -0.4 is 0 Å². The summed E-state index contributed by atoms with van der Waals surface area (Å²) in [6.07, 6.45) is -0.00289. The molecule has 0 aliphatic carbocycles. The van der Waals surface area contributed by atoms with Gasteiger partial charge in [-0.3, -0.25) is 9.59 Å². The Kier molecular flexibility index (Phi) is 5.31. The fraction of sp³-hybridized carbons (Fsp3) is 0.333. The number of methoxy groups -OCH3 is 1. The van der Waals surface area contributed by atoms with Crippen LogP contribution in [0.1, 0.15) is 22.3 Å². The molecule has 1 N–H and O–H groups in total. The lowest BCUT2D eigenvalue weighted by Gasteiger charge is -2.07.